The summed E-state index contributed by atoms with van der Waals surface area (Å²) in [5, 5.41) is 2.69. The first-order valence-corrected chi connectivity index (χ1v) is 7.98. The fourth-order valence-electron chi connectivity index (χ4n) is 2.60. The van der Waals surface area contributed by atoms with Crippen molar-refractivity contribution in [3.8, 4) is 0 Å². The molecule has 1 aromatic rings. The van der Waals surface area contributed by atoms with Crippen molar-refractivity contribution in [2.24, 2.45) is 0 Å². The van der Waals surface area contributed by atoms with Crippen molar-refractivity contribution >= 4 is 29.1 Å². The first-order chi connectivity index (χ1) is 11.5. The van der Waals surface area contributed by atoms with Crippen LogP contribution in [0.4, 0.5) is 11.4 Å². The van der Waals surface area contributed by atoms with E-state index < -0.39 is 0 Å². The second-order valence-electron chi connectivity index (χ2n) is 5.65. The molecule has 0 unspecified atom stereocenters. The molecule has 0 atom stereocenters. The Morgan fingerprint density at radius 1 is 1.21 bits per heavy atom. The number of amides is 3. The van der Waals surface area contributed by atoms with Gasteiger partial charge < -0.3 is 19.9 Å². The van der Waals surface area contributed by atoms with Gasteiger partial charge in [0.1, 0.15) is 0 Å². The number of benzene rings is 1. The zero-order valence-electron chi connectivity index (χ0n) is 14.1. The Hall–Kier alpha value is -2.41. The number of carbonyl (C=O) groups is 3. The lowest BCUT2D eigenvalue weighted by molar-refractivity contribution is -0.135. The van der Waals surface area contributed by atoms with Crippen LogP contribution >= 0.6 is 0 Å². The quantitative estimate of drug-likeness (QED) is 0.879. The molecule has 3 amide bonds. The Labute approximate surface area is 141 Å². The molecule has 0 aliphatic carbocycles. The van der Waals surface area contributed by atoms with E-state index >= 15 is 0 Å². The van der Waals surface area contributed by atoms with Gasteiger partial charge in [-0.3, -0.25) is 14.4 Å². The molecule has 1 N–H and O–H groups in total. The number of hydrogen-bond acceptors (Lipinski definition) is 4. The molecule has 24 heavy (non-hydrogen) atoms. The van der Waals surface area contributed by atoms with Gasteiger partial charge in [-0.2, -0.15) is 0 Å². The Balaban J connectivity index is 2.02. The molecule has 0 spiro atoms. The van der Waals surface area contributed by atoms with E-state index in [1.807, 2.05) is 0 Å². The molecule has 1 aliphatic heterocycles. The summed E-state index contributed by atoms with van der Waals surface area (Å²) >= 11 is 0. The van der Waals surface area contributed by atoms with Gasteiger partial charge >= 0.3 is 0 Å². The van der Waals surface area contributed by atoms with Crippen LogP contribution in [0.2, 0.25) is 0 Å². The summed E-state index contributed by atoms with van der Waals surface area (Å²) in [6.45, 7) is 5.49. The first kappa shape index (κ1) is 17.9. The fourth-order valence-corrected chi connectivity index (χ4v) is 2.60. The van der Waals surface area contributed by atoms with E-state index in [9.17, 15) is 14.4 Å². The van der Waals surface area contributed by atoms with Crippen LogP contribution in [-0.4, -0.2) is 55.5 Å². The van der Waals surface area contributed by atoms with Gasteiger partial charge in [-0.1, -0.05) is 6.07 Å². The van der Waals surface area contributed by atoms with Gasteiger partial charge in [0.2, 0.25) is 17.7 Å². The zero-order chi connectivity index (χ0) is 17.5. The molecule has 7 nitrogen and oxygen atoms in total. The molecule has 1 fully saturated rings. The number of ether oxygens (including phenoxy) is 1. The lowest BCUT2D eigenvalue weighted by Gasteiger charge is -2.28. The zero-order valence-corrected chi connectivity index (χ0v) is 14.1. The summed E-state index contributed by atoms with van der Waals surface area (Å²) in [6.07, 6.45) is 0.254. The van der Waals surface area contributed by atoms with Crippen LogP contribution in [0, 0.1) is 0 Å². The van der Waals surface area contributed by atoms with E-state index in [2.05, 4.69) is 5.32 Å². The van der Waals surface area contributed by atoms with Gasteiger partial charge in [0.05, 0.1) is 13.2 Å². The molecule has 2 rings (SSSR count). The first-order valence-electron chi connectivity index (χ1n) is 7.98. The van der Waals surface area contributed by atoms with E-state index in [0.29, 0.717) is 44.2 Å². The maximum absolute atomic E-state index is 12.2. The highest BCUT2D eigenvalue weighted by molar-refractivity contribution is 5.94. The normalized spacial score (nSPS) is 14.2. The van der Waals surface area contributed by atoms with Crippen molar-refractivity contribution in [2.75, 3.05) is 43.1 Å². The molecule has 7 heteroatoms. The van der Waals surface area contributed by atoms with Crippen LogP contribution < -0.4 is 10.2 Å². The van der Waals surface area contributed by atoms with Gasteiger partial charge in [-0.15, -0.1) is 0 Å². The fraction of sp³-hybridized carbons (Fsp3) is 0.471. The predicted molar refractivity (Wildman–Crippen MR) is 90.8 cm³/mol. The minimum atomic E-state index is -0.177. The molecule has 0 saturated carbocycles. The molecule has 0 bridgehead atoms. The molecule has 0 radical (unpaired) electrons. The standard InChI is InChI=1S/C17H23N3O4/c1-13(21)18-15-4-3-5-16(12-15)20(14(2)22)7-6-17(23)19-8-10-24-11-9-19/h3-5,12H,6-11H2,1-2H3,(H,18,21). The van der Waals surface area contributed by atoms with E-state index in [1.54, 1.807) is 34.1 Å². The van der Waals surface area contributed by atoms with Crippen molar-refractivity contribution in [3.63, 3.8) is 0 Å². The second kappa shape index (κ2) is 8.44. The van der Waals surface area contributed by atoms with Crippen LogP contribution in [0.5, 0.6) is 0 Å². The minimum absolute atomic E-state index is 0.0163. The van der Waals surface area contributed by atoms with Gasteiger partial charge in [0, 0.05) is 51.3 Å². The number of nitrogens with one attached hydrogen (secondary N) is 1. The Morgan fingerprint density at radius 3 is 2.54 bits per heavy atom. The number of morpholine rings is 1. The molecular formula is C17H23N3O4. The smallest absolute Gasteiger partial charge is 0.224 e. The Bertz CT molecular complexity index is 612. The highest BCUT2D eigenvalue weighted by atomic mass is 16.5. The molecular weight excluding hydrogens is 310 g/mol. The lowest BCUT2D eigenvalue weighted by Crippen LogP contribution is -2.42. The van der Waals surface area contributed by atoms with Crippen LogP contribution in [0.1, 0.15) is 20.3 Å². The highest BCUT2D eigenvalue weighted by Gasteiger charge is 2.19. The van der Waals surface area contributed by atoms with Gasteiger partial charge in [0.25, 0.3) is 0 Å². The summed E-state index contributed by atoms with van der Waals surface area (Å²) < 4.78 is 5.23. The third-order valence-electron chi connectivity index (χ3n) is 3.77. The summed E-state index contributed by atoms with van der Waals surface area (Å²) in [6, 6.07) is 7.02. The van der Waals surface area contributed by atoms with E-state index in [-0.39, 0.29) is 24.1 Å². The van der Waals surface area contributed by atoms with Crippen LogP contribution in [0.25, 0.3) is 0 Å². The van der Waals surface area contributed by atoms with Crippen molar-refractivity contribution < 1.29 is 19.1 Å². The lowest BCUT2D eigenvalue weighted by atomic mass is 10.2. The van der Waals surface area contributed by atoms with Crippen LogP contribution in [-0.2, 0) is 19.1 Å². The van der Waals surface area contributed by atoms with Crippen molar-refractivity contribution in [2.45, 2.75) is 20.3 Å². The third kappa shape index (κ3) is 5.06. The molecule has 1 aliphatic rings. The molecule has 1 saturated heterocycles. The molecule has 1 aromatic carbocycles. The topological polar surface area (TPSA) is 79.0 Å². The molecule has 130 valence electrons. The average Bonchev–Trinajstić information content (AvgIpc) is 2.55. The number of nitrogens with zero attached hydrogens (tertiary/aromatic N) is 2. The summed E-state index contributed by atoms with van der Waals surface area (Å²) in [4.78, 5) is 38.7. The van der Waals surface area contributed by atoms with Crippen LogP contribution in [0.15, 0.2) is 24.3 Å². The highest BCUT2D eigenvalue weighted by Crippen LogP contribution is 2.20. The van der Waals surface area contributed by atoms with Crippen molar-refractivity contribution in [3.05, 3.63) is 24.3 Å². The summed E-state index contributed by atoms with van der Waals surface area (Å²) in [5.74, 6) is -0.309. The van der Waals surface area contributed by atoms with Gasteiger partial charge in [-0.25, -0.2) is 0 Å². The minimum Gasteiger partial charge on any atom is -0.378 e. The number of carbonyl (C=O) groups excluding carboxylic acids is 3. The van der Waals surface area contributed by atoms with Gasteiger partial charge in [-0.05, 0) is 18.2 Å². The summed E-state index contributed by atoms with van der Waals surface area (Å²) in [7, 11) is 0. The Kier molecular flexibility index (Phi) is 6.31. The number of hydrogen-bond donors (Lipinski definition) is 1. The average molecular weight is 333 g/mol. The third-order valence-corrected chi connectivity index (χ3v) is 3.77. The maximum Gasteiger partial charge on any atom is 0.224 e. The largest absolute Gasteiger partial charge is 0.378 e. The van der Waals surface area contributed by atoms with Crippen molar-refractivity contribution in [1.82, 2.24) is 4.90 Å². The number of rotatable bonds is 5. The van der Waals surface area contributed by atoms with E-state index in [0.717, 1.165) is 0 Å². The van der Waals surface area contributed by atoms with E-state index in [4.69, 9.17) is 4.74 Å². The maximum atomic E-state index is 12.2. The van der Waals surface area contributed by atoms with Gasteiger partial charge in [0.15, 0.2) is 0 Å². The van der Waals surface area contributed by atoms with Crippen molar-refractivity contribution in [1.29, 1.82) is 0 Å². The second-order valence-corrected chi connectivity index (χ2v) is 5.65. The molecule has 0 aromatic heterocycles. The SMILES string of the molecule is CC(=O)Nc1cccc(N(CCC(=O)N2CCOCC2)C(C)=O)c1. The van der Waals surface area contributed by atoms with Crippen LogP contribution in [0.3, 0.4) is 0 Å². The summed E-state index contributed by atoms with van der Waals surface area (Å²) in [5.41, 5.74) is 1.27. The Morgan fingerprint density at radius 2 is 1.92 bits per heavy atom. The predicted octanol–water partition coefficient (Wildman–Crippen LogP) is 1.25. The number of anilines is 2. The van der Waals surface area contributed by atoms with E-state index in [1.165, 1.54) is 13.8 Å². The molecule has 1 heterocycles. The monoisotopic (exact) mass is 333 g/mol.